The van der Waals surface area contributed by atoms with Crippen LogP contribution in [0.1, 0.15) is 58.3 Å². The zero-order valence-electron chi connectivity index (χ0n) is 15.9. The summed E-state index contributed by atoms with van der Waals surface area (Å²) in [6, 6.07) is 6.00. The molecule has 1 aliphatic carbocycles. The van der Waals surface area contributed by atoms with Crippen molar-refractivity contribution in [3.63, 3.8) is 0 Å². The molecule has 6 nitrogen and oxygen atoms in total. The van der Waals surface area contributed by atoms with Crippen molar-refractivity contribution in [1.82, 2.24) is 4.72 Å². The largest absolute Gasteiger partial charge is 0.480 e. The summed E-state index contributed by atoms with van der Waals surface area (Å²) in [5.41, 5.74) is 0.662. The summed E-state index contributed by atoms with van der Waals surface area (Å²) in [5, 5.41) is 9.49. The van der Waals surface area contributed by atoms with Crippen LogP contribution in [0.4, 0.5) is 5.69 Å². The average Bonchev–Trinajstić information content (AvgIpc) is 2.68. The van der Waals surface area contributed by atoms with E-state index in [2.05, 4.69) is 4.72 Å². The Bertz CT molecular complexity index is 759. The summed E-state index contributed by atoms with van der Waals surface area (Å²) in [7, 11) is -3.63. The first-order chi connectivity index (χ1) is 12.9. The Kier molecular flexibility index (Phi) is 6.42. The lowest BCUT2D eigenvalue weighted by Crippen LogP contribution is -2.45. The molecule has 1 aromatic carbocycles. The number of piperidine rings is 1. The first-order valence-corrected chi connectivity index (χ1v) is 11.5. The van der Waals surface area contributed by atoms with Crippen molar-refractivity contribution < 1.29 is 18.3 Å². The number of anilines is 1. The average molecular weight is 395 g/mol. The van der Waals surface area contributed by atoms with E-state index in [-0.39, 0.29) is 10.9 Å². The molecule has 0 radical (unpaired) electrons. The minimum absolute atomic E-state index is 0.0966. The van der Waals surface area contributed by atoms with Gasteiger partial charge in [-0.15, -0.1) is 0 Å². The Balaban J connectivity index is 1.78. The summed E-state index contributed by atoms with van der Waals surface area (Å²) in [4.78, 5) is 13.6. The molecule has 3 rings (SSSR count). The van der Waals surface area contributed by atoms with Gasteiger partial charge < -0.3 is 10.0 Å². The normalized spacial score (nSPS) is 23.1. The lowest BCUT2D eigenvalue weighted by Gasteiger charge is -2.35. The molecule has 0 aromatic heterocycles. The number of aliphatic carboxylic acids is 1. The third kappa shape index (κ3) is 4.82. The van der Waals surface area contributed by atoms with E-state index in [0.717, 1.165) is 38.5 Å². The molecule has 1 saturated heterocycles. The quantitative estimate of drug-likeness (QED) is 0.772. The molecule has 27 heavy (non-hydrogen) atoms. The van der Waals surface area contributed by atoms with Crippen molar-refractivity contribution in [1.29, 1.82) is 0 Å². The number of sulfonamides is 1. The van der Waals surface area contributed by atoms with E-state index in [1.165, 1.54) is 6.42 Å². The molecule has 1 aromatic rings. The minimum Gasteiger partial charge on any atom is -0.480 e. The lowest BCUT2D eigenvalue weighted by atomic mass is 9.85. The van der Waals surface area contributed by atoms with Crippen LogP contribution in [-0.2, 0) is 14.8 Å². The highest BCUT2D eigenvalue weighted by molar-refractivity contribution is 7.89. The second-order valence-corrected chi connectivity index (χ2v) is 9.56. The molecule has 2 atom stereocenters. The molecule has 7 heteroatoms. The van der Waals surface area contributed by atoms with Gasteiger partial charge in [-0.25, -0.2) is 17.9 Å². The number of carbonyl (C=O) groups is 1. The third-order valence-electron chi connectivity index (χ3n) is 5.95. The number of nitrogens with one attached hydrogen (secondary N) is 1. The number of benzene rings is 1. The summed E-state index contributed by atoms with van der Waals surface area (Å²) in [5.74, 6) is -0.470. The van der Waals surface area contributed by atoms with Crippen molar-refractivity contribution in [2.24, 2.45) is 5.92 Å². The number of hydrogen-bond donors (Lipinski definition) is 2. The fourth-order valence-corrected chi connectivity index (χ4v) is 5.72. The molecular formula is C20H30N2O4S. The van der Waals surface area contributed by atoms with E-state index in [1.807, 2.05) is 11.8 Å². The van der Waals surface area contributed by atoms with Crippen LogP contribution in [0.3, 0.4) is 0 Å². The molecule has 2 N–H and O–H groups in total. The second-order valence-electron chi connectivity index (χ2n) is 7.85. The molecule has 0 bridgehead atoms. The van der Waals surface area contributed by atoms with Gasteiger partial charge in [0, 0.05) is 18.3 Å². The zero-order valence-corrected chi connectivity index (χ0v) is 16.7. The molecular weight excluding hydrogens is 364 g/mol. The van der Waals surface area contributed by atoms with Gasteiger partial charge in [-0.1, -0.05) is 25.3 Å². The van der Waals surface area contributed by atoms with Crippen LogP contribution in [0.5, 0.6) is 0 Å². The predicted octanol–water partition coefficient (Wildman–Crippen LogP) is 3.38. The van der Waals surface area contributed by atoms with Gasteiger partial charge in [0.05, 0.1) is 4.90 Å². The Morgan fingerprint density at radius 1 is 1.15 bits per heavy atom. The highest BCUT2D eigenvalue weighted by Crippen LogP contribution is 2.29. The highest BCUT2D eigenvalue weighted by atomic mass is 32.2. The summed E-state index contributed by atoms with van der Waals surface area (Å²) < 4.78 is 28.6. The monoisotopic (exact) mass is 394 g/mol. The SMILES string of the molecule is CC(NS(=O)(=O)c1cccc(N2CCCCC2C(=O)O)c1)C1CCCCC1. The number of nitrogens with zero attached hydrogens (tertiary/aromatic N) is 1. The zero-order chi connectivity index (χ0) is 19.4. The van der Waals surface area contributed by atoms with Gasteiger partial charge in [0.15, 0.2) is 0 Å². The second kappa shape index (κ2) is 8.61. The van der Waals surface area contributed by atoms with Crippen LogP contribution < -0.4 is 9.62 Å². The summed E-state index contributed by atoms with van der Waals surface area (Å²) in [6.45, 7) is 2.58. The first-order valence-electron chi connectivity index (χ1n) is 10.0. The maximum atomic E-state index is 12.9. The molecule has 1 saturated carbocycles. The molecule has 2 unspecified atom stereocenters. The molecule has 0 amide bonds. The lowest BCUT2D eigenvalue weighted by molar-refractivity contribution is -0.139. The van der Waals surface area contributed by atoms with Crippen LogP contribution in [0.15, 0.2) is 29.2 Å². The Hall–Kier alpha value is -1.60. The van der Waals surface area contributed by atoms with Crippen LogP contribution in [-0.4, -0.2) is 38.1 Å². The van der Waals surface area contributed by atoms with Gasteiger partial charge in [-0.3, -0.25) is 0 Å². The molecule has 1 aliphatic heterocycles. The van der Waals surface area contributed by atoms with E-state index in [4.69, 9.17) is 0 Å². The van der Waals surface area contributed by atoms with Crippen LogP contribution >= 0.6 is 0 Å². The van der Waals surface area contributed by atoms with Crippen LogP contribution in [0.25, 0.3) is 0 Å². The number of rotatable bonds is 6. The summed E-state index contributed by atoms with van der Waals surface area (Å²) >= 11 is 0. The van der Waals surface area contributed by atoms with Crippen molar-refractivity contribution in [2.45, 2.75) is 75.3 Å². The van der Waals surface area contributed by atoms with E-state index in [0.29, 0.717) is 24.6 Å². The smallest absolute Gasteiger partial charge is 0.326 e. The van der Waals surface area contributed by atoms with Crippen molar-refractivity contribution in [2.75, 3.05) is 11.4 Å². The van der Waals surface area contributed by atoms with Gasteiger partial charge in [0.1, 0.15) is 6.04 Å². The molecule has 0 spiro atoms. The number of carboxylic acid groups (broad SMARTS) is 1. The molecule has 2 fully saturated rings. The van der Waals surface area contributed by atoms with Crippen molar-refractivity contribution >= 4 is 21.7 Å². The van der Waals surface area contributed by atoms with Gasteiger partial charge in [-0.2, -0.15) is 0 Å². The van der Waals surface area contributed by atoms with Crippen LogP contribution in [0.2, 0.25) is 0 Å². The van der Waals surface area contributed by atoms with Gasteiger partial charge >= 0.3 is 5.97 Å². The number of hydrogen-bond acceptors (Lipinski definition) is 4. The third-order valence-corrected chi connectivity index (χ3v) is 7.50. The van der Waals surface area contributed by atoms with E-state index >= 15 is 0 Å². The highest BCUT2D eigenvalue weighted by Gasteiger charge is 2.30. The standard InChI is InChI=1S/C20H30N2O4S/c1-15(16-8-3-2-4-9-16)21-27(25,26)18-11-7-10-17(14-18)22-13-6-5-12-19(22)20(23)24/h7,10-11,14-16,19,21H,2-6,8-9,12-13H2,1H3,(H,23,24). The van der Waals surface area contributed by atoms with Gasteiger partial charge in [-0.05, 0) is 63.1 Å². The number of carboxylic acids is 1. The predicted molar refractivity (Wildman–Crippen MR) is 105 cm³/mol. The Morgan fingerprint density at radius 3 is 2.56 bits per heavy atom. The fourth-order valence-electron chi connectivity index (χ4n) is 4.37. The first kappa shape index (κ1) is 20.1. The Morgan fingerprint density at radius 2 is 1.85 bits per heavy atom. The molecule has 2 aliphatic rings. The maximum absolute atomic E-state index is 12.9. The fraction of sp³-hybridized carbons (Fsp3) is 0.650. The van der Waals surface area contributed by atoms with Crippen LogP contribution in [0, 0.1) is 5.92 Å². The Labute approximate surface area is 162 Å². The maximum Gasteiger partial charge on any atom is 0.326 e. The van der Waals surface area contributed by atoms with Gasteiger partial charge in [0.2, 0.25) is 10.0 Å². The minimum atomic E-state index is -3.63. The van der Waals surface area contributed by atoms with Crippen molar-refractivity contribution in [3.05, 3.63) is 24.3 Å². The van der Waals surface area contributed by atoms with Gasteiger partial charge in [0.25, 0.3) is 0 Å². The van der Waals surface area contributed by atoms with E-state index in [9.17, 15) is 18.3 Å². The molecule has 1 heterocycles. The van der Waals surface area contributed by atoms with E-state index in [1.54, 1.807) is 24.3 Å². The van der Waals surface area contributed by atoms with E-state index < -0.39 is 22.0 Å². The summed E-state index contributed by atoms with van der Waals surface area (Å²) in [6.07, 6.45) is 8.08. The molecule has 150 valence electrons. The topological polar surface area (TPSA) is 86.7 Å². The van der Waals surface area contributed by atoms with Crippen molar-refractivity contribution in [3.8, 4) is 0 Å².